The quantitative estimate of drug-likeness (QED) is 0.653. The second-order valence-electron chi connectivity index (χ2n) is 5.58. The molecule has 0 aliphatic rings. The first-order chi connectivity index (χ1) is 12.3. The molecule has 0 aliphatic carbocycles. The maximum atomic E-state index is 12.9. The molecule has 0 spiro atoms. The molecule has 124 valence electrons. The Balaban J connectivity index is 1.82. The molecule has 3 rings (SSSR count). The zero-order valence-electron chi connectivity index (χ0n) is 13.7. The van der Waals surface area contributed by atoms with Gasteiger partial charge in [-0.05, 0) is 23.8 Å². The number of benzene rings is 2. The van der Waals surface area contributed by atoms with Crippen molar-refractivity contribution in [3.05, 3.63) is 78.1 Å². The van der Waals surface area contributed by atoms with Crippen molar-refractivity contribution in [3.8, 4) is 12.3 Å². The molecule has 0 radical (unpaired) electrons. The Bertz CT molecular complexity index is 866. The topological polar surface area (TPSA) is 51.0 Å². The zero-order valence-corrected chi connectivity index (χ0v) is 13.7. The highest BCUT2D eigenvalue weighted by Crippen LogP contribution is 2.20. The van der Waals surface area contributed by atoms with Crippen molar-refractivity contribution < 1.29 is 4.79 Å². The molecule has 1 heterocycles. The Kier molecular flexibility index (Phi) is 5.22. The molecule has 0 saturated carbocycles. The Hall–Kier alpha value is -3.39. The number of terminal acetylenes is 1. The molecule has 2 aromatic carbocycles. The maximum absolute atomic E-state index is 12.9. The lowest BCUT2D eigenvalue weighted by molar-refractivity contribution is -0.119. The van der Waals surface area contributed by atoms with E-state index in [9.17, 15) is 4.79 Å². The molecule has 25 heavy (non-hydrogen) atoms. The third-order valence-corrected chi connectivity index (χ3v) is 3.84. The van der Waals surface area contributed by atoms with E-state index in [1.807, 2.05) is 54.6 Å². The first-order valence-electron chi connectivity index (χ1n) is 8.01. The van der Waals surface area contributed by atoms with E-state index < -0.39 is 0 Å². The fourth-order valence-corrected chi connectivity index (χ4v) is 2.55. The number of rotatable bonds is 6. The zero-order chi connectivity index (χ0) is 17.5. The number of hydrogen-bond acceptors (Lipinski definition) is 3. The Morgan fingerprint density at radius 1 is 1.16 bits per heavy atom. The van der Waals surface area contributed by atoms with Crippen LogP contribution in [0, 0.1) is 12.3 Å². The molecule has 0 unspecified atom stereocenters. The van der Waals surface area contributed by atoms with E-state index in [0.717, 1.165) is 16.8 Å². The Labute approximate surface area is 146 Å². The van der Waals surface area contributed by atoms with Crippen LogP contribution >= 0.6 is 0 Å². The predicted octanol–water partition coefficient (Wildman–Crippen LogP) is 2.88. The molecule has 1 amide bonds. The number of nitrogens with zero attached hydrogens (tertiary/aromatic N) is 4. The molecule has 0 N–H and O–H groups in total. The highest BCUT2D eigenvalue weighted by Gasteiger charge is 2.16. The molecule has 0 bridgehead atoms. The smallest absolute Gasteiger partial charge is 0.229 e. The second-order valence-corrected chi connectivity index (χ2v) is 5.58. The fraction of sp³-hybridized carbons (Fsp3) is 0.150. The molecular formula is C20H18N4O. The third kappa shape index (κ3) is 4.33. The van der Waals surface area contributed by atoms with Crippen molar-refractivity contribution in [1.82, 2.24) is 15.0 Å². The number of carbonyl (C=O) groups is 1. The number of anilines is 1. The molecule has 3 aromatic rings. The average Bonchev–Trinajstić information content (AvgIpc) is 3.18. The highest BCUT2D eigenvalue weighted by atomic mass is 16.2. The highest BCUT2D eigenvalue weighted by molar-refractivity contribution is 5.93. The van der Waals surface area contributed by atoms with Gasteiger partial charge >= 0.3 is 0 Å². The summed E-state index contributed by atoms with van der Waals surface area (Å²) in [6.45, 7) is 0.976. The minimum absolute atomic E-state index is 0.00789. The third-order valence-electron chi connectivity index (χ3n) is 3.84. The van der Waals surface area contributed by atoms with Gasteiger partial charge < -0.3 is 4.90 Å². The van der Waals surface area contributed by atoms with Gasteiger partial charge in [0.15, 0.2) is 0 Å². The van der Waals surface area contributed by atoms with Crippen LogP contribution in [0.4, 0.5) is 5.69 Å². The normalized spacial score (nSPS) is 10.2. The van der Waals surface area contributed by atoms with Gasteiger partial charge in [-0.2, -0.15) is 0 Å². The molecule has 0 atom stereocenters. The van der Waals surface area contributed by atoms with Crippen molar-refractivity contribution in [2.24, 2.45) is 0 Å². The van der Waals surface area contributed by atoms with Gasteiger partial charge in [0.05, 0.1) is 19.3 Å². The van der Waals surface area contributed by atoms with Gasteiger partial charge in [-0.1, -0.05) is 47.5 Å². The molecule has 0 aliphatic heterocycles. The molecule has 5 nitrogen and oxygen atoms in total. The summed E-state index contributed by atoms with van der Waals surface area (Å²) >= 11 is 0. The summed E-state index contributed by atoms with van der Waals surface area (Å²) < 4.78 is 1.65. The van der Waals surface area contributed by atoms with Gasteiger partial charge in [0.25, 0.3) is 0 Å². The van der Waals surface area contributed by atoms with Crippen molar-refractivity contribution in [3.63, 3.8) is 0 Å². The summed E-state index contributed by atoms with van der Waals surface area (Å²) in [5.74, 6) is 2.63. The van der Waals surface area contributed by atoms with Gasteiger partial charge in [-0.15, -0.1) is 11.5 Å². The monoisotopic (exact) mass is 330 g/mol. The largest absolute Gasteiger partial charge is 0.308 e. The van der Waals surface area contributed by atoms with Crippen LogP contribution in [0.1, 0.15) is 17.5 Å². The number of carbonyl (C=O) groups excluding carboxylic acids is 1. The predicted molar refractivity (Wildman–Crippen MR) is 96.6 cm³/mol. The van der Waals surface area contributed by atoms with E-state index in [-0.39, 0.29) is 5.91 Å². The van der Waals surface area contributed by atoms with Crippen LogP contribution in [0.15, 0.2) is 67.0 Å². The van der Waals surface area contributed by atoms with Crippen LogP contribution < -0.4 is 4.90 Å². The average molecular weight is 330 g/mol. The minimum atomic E-state index is 0.00789. The standard InChI is InChI=1S/C20H18N4O/c1-2-17-9-6-10-19(15-17)24(16-18-7-4-3-5-8-18)20(25)11-13-23-14-12-21-22-23/h1,3-10,12,14-15H,11,13,16H2. The maximum Gasteiger partial charge on any atom is 0.229 e. The van der Waals surface area contributed by atoms with E-state index in [1.165, 1.54) is 0 Å². The summed E-state index contributed by atoms with van der Waals surface area (Å²) in [6.07, 6.45) is 9.17. The van der Waals surface area contributed by atoms with Crippen LogP contribution in [0.2, 0.25) is 0 Å². The summed E-state index contributed by atoms with van der Waals surface area (Å²) in [4.78, 5) is 14.6. The summed E-state index contributed by atoms with van der Waals surface area (Å²) in [5.41, 5.74) is 2.60. The number of hydrogen-bond donors (Lipinski definition) is 0. The second kappa shape index (κ2) is 7.93. The lowest BCUT2D eigenvalue weighted by atomic mass is 10.1. The van der Waals surface area contributed by atoms with Gasteiger partial charge in [-0.25, -0.2) is 0 Å². The van der Waals surface area contributed by atoms with Crippen LogP contribution in [0.3, 0.4) is 0 Å². The first kappa shape index (κ1) is 16.5. The molecule has 0 fully saturated rings. The van der Waals surface area contributed by atoms with Gasteiger partial charge in [0.1, 0.15) is 0 Å². The number of aryl methyl sites for hydroxylation is 1. The Morgan fingerprint density at radius 3 is 2.72 bits per heavy atom. The van der Waals surface area contributed by atoms with Crippen LogP contribution in [-0.2, 0) is 17.9 Å². The van der Waals surface area contributed by atoms with E-state index in [2.05, 4.69) is 16.2 Å². The van der Waals surface area contributed by atoms with Crippen LogP contribution in [-0.4, -0.2) is 20.9 Å². The van der Waals surface area contributed by atoms with Crippen LogP contribution in [0.5, 0.6) is 0 Å². The number of aromatic nitrogens is 3. The van der Waals surface area contributed by atoms with Gasteiger partial charge in [0, 0.05) is 23.9 Å². The minimum Gasteiger partial charge on any atom is -0.308 e. The van der Waals surface area contributed by atoms with E-state index in [4.69, 9.17) is 6.42 Å². The van der Waals surface area contributed by atoms with E-state index in [1.54, 1.807) is 22.0 Å². The van der Waals surface area contributed by atoms with Gasteiger partial charge in [0.2, 0.25) is 5.91 Å². The number of amides is 1. The summed E-state index contributed by atoms with van der Waals surface area (Å²) in [5, 5.41) is 7.66. The molecule has 5 heteroatoms. The van der Waals surface area contributed by atoms with Crippen molar-refractivity contribution in [2.75, 3.05) is 4.90 Å². The summed E-state index contributed by atoms with van der Waals surface area (Å²) in [6, 6.07) is 17.4. The summed E-state index contributed by atoms with van der Waals surface area (Å²) in [7, 11) is 0. The lowest BCUT2D eigenvalue weighted by Gasteiger charge is -2.23. The molecule has 1 aromatic heterocycles. The fourth-order valence-electron chi connectivity index (χ4n) is 2.55. The van der Waals surface area contributed by atoms with Crippen molar-refractivity contribution in [1.29, 1.82) is 0 Å². The first-order valence-corrected chi connectivity index (χ1v) is 8.01. The van der Waals surface area contributed by atoms with Crippen molar-refractivity contribution in [2.45, 2.75) is 19.5 Å². The lowest BCUT2D eigenvalue weighted by Crippen LogP contribution is -2.31. The van der Waals surface area contributed by atoms with Gasteiger partial charge in [-0.3, -0.25) is 9.48 Å². The van der Waals surface area contributed by atoms with Crippen molar-refractivity contribution >= 4 is 11.6 Å². The van der Waals surface area contributed by atoms with E-state index in [0.29, 0.717) is 19.5 Å². The molecule has 0 saturated heterocycles. The van der Waals surface area contributed by atoms with E-state index >= 15 is 0 Å². The van der Waals surface area contributed by atoms with Crippen LogP contribution in [0.25, 0.3) is 0 Å². The Morgan fingerprint density at radius 2 is 2.00 bits per heavy atom. The molecular weight excluding hydrogens is 312 g/mol. The SMILES string of the molecule is C#Cc1cccc(N(Cc2ccccc2)C(=O)CCn2ccnn2)c1.